The third-order valence-electron chi connectivity index (χ3n) is 2.91. The number of esters is 1. The summed E-state index contributed by atoms with van der Waals surface area (Å²) < 4.78 is 28.0. The molecule has 1 fully saturated rings. The van der Waals surface area contributed by atoms with Crippen molar-refractivity contribution in [3.63, 3.8) is 0 Å². The van der Waals surface area contributed by atoms with Crippen LogP contribution >= 0.6 is 0 Å². The van der Waals surface area contributed by atoms with Gasteiger partial charge >= 0.3 is 5.97 Å². The highest BCUT2D eigenvalue weighted by Gasteiger charge is 2.35. The molecule has 0 spiro atoms. The van der Waals surface area contributed by atoms with Gasteiger partial charge in [0.2, 0.25) is 0 Å². The summed E-state index contributed by atoms with van der Waals surface area (Å²) in [7, 11) is 0. The summed E-state index contributed by atoms with van der Waals surface area (Å²) in [6.07, 6.45) is 2.27. The van der Waals surface area contributed by atoms with Crippen LogP contribution in [0.25, 0.3) is 0 Å². The fourth-order valence-corrected chi connectivity index (χ4v) is 1.98. The zero-order valence-electron chi connectivity index (χ0n) is 11.9. The van der Waals surface area contributed by atoms with Gasteiger partial charge in [0.15, 0.2) is 0 Å². The largest absolute Gasteiger partial charge is 0.465 e. The van der Waals surface area contributed by atoms with Crippen LogP contribution in [0.2, 0.25) is 0 Å². The molecule has 80 valence electrons. The van der Waals surface area contributed by atoms with E-state index in [9.17, 15) is 4.79 Å². The quantitative estimate of drug-likeness (QED) is 0.505. The van der Waals surface area contributed by atoms with E-state index < -0.39 is 12.3 Å². The predicted molar refractivity (Wildman–Crippen MR) is 56.9 cm³/mol. The van der Waals surface area contributed by atoms with Crippen LogP contribution < -0.4 is 0 Å². The second kappa shape index (κ2) is 4.16. The predicted octanol–water partition coefficient (Wildman–Crippen LogP) is 2.93. The molecule has 0 saturated heterocycles. The van der Waals surface area contributed by atoms with E-state index >= 15 is 0 Å². The van der Waals surface area contributed by atoms with Gasteiger partial charge in [-0.2, -0.15) is 0 Å². The molecular weight excluding hydrogens is 176 g/mol. The summed E-state index contributed by atoms with van der Waals surface area (Å²) in [6.45, 7) is 5.09. The van der Waals surface area contributed by atoms with E-state index in [2.05, 4.69) is 6.58 Å². The maximum absolute atomic E-state index is 10.9. The molecule has 0 radical (unpaired) electrons. The summed E-state index contributed by atoms with van der Waals surface area (Å²) in [4.78, 5) is 10.9. The van der Waals surface area contributed by atoms with Gasteiger partial charge in [-0.25, -0.2) is 0 Å². The first-order chi connectivity index (χ1) is 7.68. The first kappa shape index (κ1) is 7.49. The van der Waals surface area contributed by atoms with Crippen LogP contribution in [0.3, 0.4) is 0 Å². The Hall–Kier alpha value is -0.790. The van der Waals surface area contributed by atoms with E-state index in [0.717, 1.165) is 18.4 Å². The van der Waals surface area contributed by atoms with Gasteiger partial charge in [0, 0.05) is 17.0 Å². The van der Waals surface area contributed by atoms with Gasteiger partial charge in [-0.1, -0.05) is 25.9 Å². The van der Waals surface area contributed by atoms with Crippen molar-refractivity contribution in [3.8, 4) is 0 Å². The second-order valence-electron chi connectivity index (χ2n) is 4.28. The highest BCUT2D eigenvalue weighted by atomic mass is 16.5. The Morgan fingerprint density at radius 1 is 1.86 bits per heavy atom. The lowest BCUT2D eigenvalue weighted by atomic mass is 9.67. The summed E-state index contributed by atoms with van der Waals surface area (Å²) in [5, 5.41) is 0. The van der Waals surface area contributed by atoms with Crippen LogP contribution in [-0.4, -0.2) is 12.6 Å². The van der Waals surface area contributed by atoms with Gasteiger partial charge in [-0.15, -0.1) is 0 Å². The normalized spacial score (nSPS) is 36.9. The fourth-order valence-electron chi connectivity index (χ4n) is 1.98. The molecule has 0 unspecified atom stereocenters. The van der Waals surface area contributed by atoms with Crippen LogP contribution in [0.15, 0.2) is 12.2 Å². The molecule has 0 bridgehead atoms. The van der Waals surface area contributed by atoms with Crippen molar-refractivity contribution >= 4 is 5.97 Å². The van der Waals surface area contributed by atoms with Crippen molar-refractivity contribution in [2.24, 2.45) is 11.3 Å². The Balaban J connectivity index is 2.92. The standard InChI is InChI=1S/C12H20O2/c1-9-6-5-7-12(3,4)11(9)8-14-10(2)13/h11H,1,5-8H2,2-4H3/t11-/m1/s1/i3D3/t11-,12-. The molecule has 14 heavy (non-hydrogen) atoms. The third-order valence-corrected chi connectivity index (χ3v) is 2.91. The molecule has 0 amide bonds. The summed E-state index contributed by atoms with van der Waals surface area (Å²) in [6, 6.07) is 0. The van der Waals surface area contributed by atoms with E-state index in [-0.39, 0.29) is 18.5 Å². The molecule has 1 saturated carbocycles. The zero-order valence-corrected chi connectivity index (χ0v) is 8.93. The van der Waals surface area contributed by atoms with Crippen molar-refractivity contribution in [3.05, 3.63) is 12.2 Å². The minimum atomic E-state index is -2.05. The van der Waals surface area contributed by atoms with E-state index in [4.69, 9.17) is 8.85 Å². The highest BCUT2D eigenvalue weighted by molar-refractivity contribution is 5.65. The van der Waals surface area contributed by atoms with Crippen molar-refractivity contribution in [2.75, 3.05) is 6.61 Å². The van der Waals surface area contributed by atoms with E-state index in [1.54, 1.807) is 6.92 Å². The molecule has 1 aliphatic carbocycles. The van der Waals surface area contributed by atoms with Crippen LogP contribution in [0.5, 0.6) is 0 Å². The number of carbonyl (C=O) groups excluding carboxylic acids is 1. The number of carbonyl (C=O) groups is 1. The molecule has 1 rings (SSSR count). The Labute approximate surface area is 90.5 Å². The van der Waals surface area contributed by atoms with Crippen molar-refractivity contribution < 1.29 is 13.6 Å². The van der Waals surface area contributed by atoms with Crippen LogP contribution in [0, 0.1) is 11.3 Å². The SMILES string of the molecule is [2H]C([2H])([2H])[C@@]1(C)CCCC(=C)[C@H]1COC(C)=O. The van der Waals surface area contributed by atoms with Gasteiger partial charge in [0.1, 0.15) is 0 Å². The number of rotatable bonds is 2. The summed E-state index contributed by atoms with van der Waals surface area (Å²) in [5.74, 6) is -0.649. The van der Waals surface area contributed by atoms with E-state index in [1.807, 2.05) is 0 Å². The number of hydrogen-bond acceptors (Lipinski definition) is 2. The van der Waals surface area contributed by atoms with Crippen molar-refractivity contribution in [2.45, 2.75) is 40.0 Å². The Kier molecular flexibility index (Phi) is 2.23. The van der Waals surface area contributed by atoms with Crippen LogP contribution in [-0.2, 0) is 9.53 Å². The first-order valence-corrected chi connectivity index (χ1v) is 4.99. The molecule has 2 nitrogen and oxygen atoms in total. The topological polar surface area (TPSA) is 26.3 Å². The van der Waals surface area contributed by atoms with Gasteiger partial charge in [-0.3, -0.25) is 4.79 Å². The average Bonchev–Trinajstić information content (AvgIpc) is 2.14. The molecular formula is C12H20O2. The van der Waals surface area contributed by atoms with Gasteiger partial charge in [0.05, 0.1) is 6.61 Å². The lowest BCUT2D eigenvalue weighted by Gasteiger charge is -2.39. The van der Waals surface area contributed by atoms with Crippen molar-refractivity contribution in [1.29, 1.82) is 0 Å². The Morgan fingerprint density at radius 3 is 3.14 bits per heavy atom. The zero-order chi connectivity index (χ0) is 13.3. The van der Waals surface area contributed by atoms with Crippen LogP contribution in [0.4, 0.5) is 0 Å². The monoisotopic (exact) mass is 199 g/mol. The molecule has 2 heteroatoms. The lowest BCUT2D eigenvalue weighted by molar-refractivity contribution is -0.143. The molecule has 0 aromatic carbocycles. The first-order valence-electron chi connectivity index (χ1n) is 6.49. The molecule has 1 aliphatic rings. The molecule has 0 heterocycles. The maximum atomic E-state index is 10.9. The van der Waals surface area contributed by atoms with E-state index in [1.165, 1.54) is 6.92 Å². The van der Waals surface area contributed by atoms with Gasteiger partial charge < -0.3 is 4.74 Å². The molecule has 0 N–H and O–H groups in total. The van der Waals surface area contributed by atoms with Gasteiger partial charge in [0.25, 0.3) is 0 Å². The molecule has 2 atom stereocenters. The van der Waals surface area contributed by atoms with E-state index in [0.29, 0.717) is 6.42 Å². The highest BCUT2D eigenvalue weighted by Crippen LogP contribution is 2.42. The summed E-state index contributed by atoms with van der Waals surface area (Å²) in [5.41, 5.74) is 0.0498. The second-order valence-corrected chi connectivity index (χ2v) is 4.28. The molecule has 0 aliphatic heterocycles. The molecule has 0 aromatic rings. The number of ether oxygens (including phenoxy) is 1. The number of hydrogen-bond donors (Lipinski definition) is 0. The van der Waals surface area contributed by atoms with Gasteiger partial charge in [-0.05, 0) is 24.7 Å². The Bertz CT molecular complexity index is 322. The third kappa shape index (κ3) is 2.60. The smallest absolute Gasteiger partial charge is 0.302 e. The van der Waals surface area contributed by atoms with Crippen molar-refractivity contribution in [1.82, 2.24) is 0 Å². The van der Waals surface area contributed by atoms with Crippen LogP contribution in [0.1, 0.15) is 44.1 Å². The maximum Gasteiger partial charge on any atom is 0.302 e. The Morgan fingerprint density at radius 2 is 2.57 bits per heavy atom. The minimum absolute atomic E-state index is 0.128. The minimum Gasteiger partial charge on any atom is -0.465 e. The molecule has 0 aromatic heterocycles. The average molecular weight is 199 g/mol. The fraction of sp³-hybridized carbons (Fsp3) is 0.750. The summed E-state index contributed by atoms with van der Waals surface area (Å²) >= 11 is 0. The lowest BCUT2D eigenvalue weighted by Crippen LogP contribution is -2.33.